The van der Waals surface area contributed by atoms with Crippen molar-refractivity contribution < 1.29 is 14.4 Å². The minimum atomic E-state index is -0.561. The Morgan fingerprint density at radius 1 is 1.19 bits per heavy atom. The monoisotopic (exact) mass is 509 g/mol. The molecule has 37 heavy (non-hydrogen) atoms. The van der Waals surface area contributed by atoms with Gasteiger partial charge in [-0.1, -0.05) is 36.9 Å². The van der Waals surface area contributed by atoms with Crippen molar-refractivity contribution in [2.45, 2.75) is 51.2 Å². The first-order chi connectivity index (χ1) is 17.7. The first-order valence-electron chi connectivity index (χ1n) is 12.7. The van der Waals surface area contributed by atoms with Gasteiger partial charge in [0.05, 0.1) is 23.8 Å². The van der Waals surface area contributed by atoms with Gasteiger partial charge in [0.15, 0.2) is 5.82 Å². The van der Waals surface area contributed by atoms with Crippen LogP contribution in [0.25, 0.3) is 0 Å². The van der Waals surface area contributed by atoms with Crippen molar-refractivity contribution in [3.05, 3.63) is 59.8 Å². The van der Waals surface area contributed by atoms with Gasteiger partial charge in [0.25, 0.3) is 0 Å². The number of anilines is 1. The molecule has 10 nitrogen and oxygen atoms in total. The Balaban J connectivity index is 0.000000319. The number of H-pyrrole nitrogens is 1. The third kappa shape index (κ3) is 6.76. The first kappa shape index (κ1) is 27.9. The number of benzene rings is 1. The molecule has 4 rings (SSSR count). The molecule has 2 aromatic rings. The summed E-state index contributed by atoms with van der Waals surface area (Å²) in [5.41, 5.74) is 2.17. The highest BCUT2D eigenvalue weighted by molar-refractivity contribution is 5.87. The predicted octanol–water partition coefficient (Wildman–Crippen LogP) is 3.23. The number of fused-ring (bicyclic) bond motifs is 1. The van der Waals surface area contributed by atoms with Crippen molar-refractivity contribution in [2.75, 3.05) is 39.0 Å². The fourth-order valence-electron chi connectivity index (χ4n) is 4.77. The van der Waals surface area contributed by atoms with E-state index in [9.17, 15) is 14.4 Å². The molecule has 0 bridgehead atoms. The summed E-state index contributed by atoms with van der Waals surface area (Å²) >= 11 is 0. The number of hydrogen-bond acceptors (Lipinski definition) is 5. The van der Waals surface area contributed by atoms with Crippen LogP contribution >= 0.6 is 0 Å². The summed E-state index contributed by atoms with van der Waals surface area (Å²) in [7, 11) is 3.96. The Hall–Kier alpha value is -3.66. The number of nitrogens with one attached hydrogen (secondary N) is 3. The van der Waals surface area contributed by atoms with Gasteiger partial charge in [0.1, 0.15) is 0 Å². The van der Waals surface area contributed by atoms with Crippen molar-refractivity contribution in [2.24, 2.45) is 0 Å². The molecular formula is C27H39N7O3. The van der Waals surface area contributed by atoms with Crippen molar-refractivity contribution >= 4 is 24.2 Å². The smallest absolute Gasteiger partial charge is 0.319 e. The fourth-order valence-corrected chi connectivity index (χ4v) is 4.77. The zero-order valence-corrected chi connectivity index (χ0v) is 22.3. The Morgan fingerprint density at radius 3 is 2.46 bits per heavy atom. The largest absolute Gasteiger partial charge is 0.339 e. The van der Waals surface area contributed by atoms with Crippen LogP contribution in [0.1, 0.15) is 56.0 Å². The number of aromatic amines is 1. The van der Waals surface area contributed by atoms with Crippen LogP contribution in [0.15, 0.2) is 43.0 Å². The van der Waals surface area contributed by atoms with Gasteiger partial charge >= 0.3 is 6.03 Å². The summed E-state index contributed by atoms with van der Waals surface area (Å²) in [5.74, 6) is 0.552. The Labute approximate surface area is 219 Å². The van der Waals surface area contributed by atoms with E-state index in [2.05, 4.69) is 27.4 Å². The summed E-state index contributed by atoms with van der Waals surface area (Å²) in [6.45, 7) is 10.3. The number of urea groups is 1. The van der Waals surface area contributed by atoms with Crippen molar-refractivity contribution in [1.82, 2.24) is 30.2 Å². The lowest BCUT2D eigenvalue weighted by atomic mass is 10.0. The Morgan fingerprint density at radius 2 is 1.86 bits per heavy atom. The summed E-state index contributed by atoms with van der Waals surface area (Å²) < 4.78 is 0. The van der Waals surface area contributed by atoms with E-state index in [0.717, 1.165) is 42.8 Å². The van der Waals surface area contributed by atoms with Crippen LogP contribution in [0.2, 0.25) is 0 Å². The van der Waals surface area contributed by atoms with E-state index in [1.807, 2.05) is 68.1 Å². The van der Waals surface area contributed by atoms with Gasteiger partial charge in [0.2, 0.25) is 12.3 Å². The van der Waals surface area contributed by atoms with E-state index in [4.69, 9.17) is 0 Å². The van der Waals surface area contributed by atoms with Crippen LogP contribution in [0.3, 0.4) is 0 Å². The second kappa shape index (κ2) is 12.5. The number of rotatable bonds is 7. The molecule has 2 aliphatic heterocycles. The molecule has 1 saturated heterocycles. The highest BCUT2D eigenvalue weighted by Crippen LogP contribution is 2.40. The van der Waals surface area contributed by atoms with Gasteiger partial charge < -0.3 is 25.3 Å². The van der Waals surface area contributed by atoms with Crippen molar-refractivity contribution in [1.29, 1.82) is 0 Å². The lowest BCUT2D eigenvalue weighted by Crippen LogP contribution is -2.48. The van der Waals surface area contributed by atoms with Crippen molar-refractivity contribution in [3.63, 3.8) is 0 Å². The second-order valence-electron chi connectivity index (χ2n) is 10.1. The molecule has 0 spiro atoms. The van der Waals surface area contributed by atoms with E-state index < -0.39 is 5.54 Å². The molecule has 0 aliphatic carbocycles. The molecule has 3 N–H and O–H groups in total. The third-order valence-electron chi connectivity index (χ3n) is 6.80. The Bertz CT molecular complexity index is 1070. The van der Waals surface area contributed by atoms with E-state index in [1.54, 1.807) is 4.90 Å². The number of likely N-dealkylation sites (tertiary alicyclic amines) is 1. The summed E-state index contributed by atoms with van der Waals surface area (Å²) in [4.78, 5) is 40.6. The molecule has 3 heterocycles. The van der Waals surface area contributed by atoms with E-state index >= 15 is 0 Å². The highest BCUT2D eigenvalue weighted by Gasteiger charge is 2.44. The van der Waals surface area contributed by atoms with Gasteiger partial charge in [0, 0.05) is 25.2 Å². The number of likely N-dealkylation sites (N-methyl/N-ethyl adjacent to an activating group) is 1. The van der Waals surface area contributed by atoms with E-state index in [-0.39, 0.29) is 18.0 Å². The Kier molecular flexibility index (Phi) is 9.46. The lowest BCUT2D eigenvalue weighted by molar-refractivity contribution is -0.126. The van der Waals surface area contributed by atoms with Crippen LogP contribution in [-0.2, 0) is 21.7 Å². The minimum absolute atomic E-state index is 0.0831. The van der Waals surface area contributed by atoms with Gasteiger partial charge in [-0.15, -0.1) is 0 Å². The number of hydrogen-bond donors (Lipinski definition) is 3. The van der Waals surface area contributed by atoms with E-state index in [1.165, 1.54) is 12.5 Å². The zero-order valence-electron chi connectivity index (χ0n) is 22.3. The standard InChI is InChI=1S/C19H26N6O2.C8H13NO/c1-19(2)16-14(17(20-12-26)23-22-16)10-25(19)18(27)21-15(11-24(3)4)13-8-6-5-7-9-13;1-2-8(10)9-6-4-3-5-7-9/h5-9,12,15H,10-11H2,1-4H3,(H,21,27)(H2,20,22,23,26);2H,1,3-7H2. The summed E-state index contributed by atoms with van der Waals surface area (Å²) in [6, 6.07) is 9.65. The second-order valence-corrected chi connectivity index (χ2v) is 10.1. The number of nitrogens with zero attached hydrogens (tertiary/aromatic N) is 4. The van der Waals surface area contributed by atoms with Gasteiger partial charge in [-0.3, -0.25) is 14.7 Å². The number of carbonyl (C=O) groups excluding carboxylic acids is 3. The molecule has 1 unspecified atom stereocenters. The first-order valence-corrected chi connectivity index (χ1v) is 12.7. The van der Waals surface area contributed by atoms with Gasteiger partial charge in [-0.25, -0.2) is 4.79 Å². The molecule has 1 aromatic heterocycles. The molecule has 1 atom stereocenters. The van der Waals surface area contributed by atoms with Crippen LogP contribution in [0.5, 0.6) is 0 Å². The molecule has 1 fully saturated rings. The minimum Gasteiger partial charge on any atom is -0.339 e. The topological polar surface area (TPSA) is 114 Å². The highest BCUT2D eigenvalue weighted by atomic mass is 16.2. The maximum atomic E-state index is 13.1. The van der Waals surface area contributed by atoms with E-state index in [0.29, 0.717) is 25.3 Å². The molecule has 10 heteroatoms. The third-order valence-corrected chi connectivity index (χ3v) is 6.80. The summed E-state index contributed by atoms with van der Waals surface area (Å²) in [6.07, 6.45) is 5.56. The maximum Gasteiger partial charge on any atom is 0.319 e. The molecule has 0 saturated carbocycles. The molecule has 2 aliphatic rings. The number of piperidine rings is 1. The number of amides is 4. The van der Waals surface area contributed by atoms with Crippen molar-refractivity contribution in [3.8, 4) is 0 Å². The zero-order chi connectivity index (χ0) is 27.0. The molecule has 0 radical (unpaired) electrons. The van der Waals surface area contributed by atoms with Gasteiger partial charge in [-0.05, 0) is 58.8 Å². The maximum absolute atomic E-state index is 13.1. The van der Waals surface area contributed by atoms with Crippen LogP contribution in [-0.4, -0.2) is 77.0 Å². The normalized spacial score (nSPS) is 16.8. The average Bonchev–Trinajstić information content (AvgIpc) is 3.42. The average molecular weight is 510 g/mol. The SMILES string of the molecule is C=CC(=O)N1CCCCC1.CN(C)CC(NC(=O)N1Cc2c(NC=O)n[nH]c2C1(C)C)c1ccccc1. The van der Waals surface area contributed by atoms with Crippen LogP contribution in [0, 0.1) is 0 Å². The van der Waals surface area contributed by atoms with Gasteiger partial charge in [-0.2, -0.15) is 5.10 Å². The number of aromatic nitrogens is 2. The van der Waals surface area contributed by atoms with Crippen LogP contribution < -0.4 is 10.6 Å². The number of carbonyl (C=O) groups is 3. The molecular weight excluding hydrogens is 470 g/mol. The molecule has 200 valence electrons. The van der Waals surface area contributed by atoms with Crippen LogP contribution in [0.4, 0.5) is 10.6 Å². The quantitative estimate of drug-likeness (QED) is 0.392. The molecule has 4 amide bonds. The molecule has 1 aromatic carbocycles. The predicted molar refractivity (Wildman–Crippen MR) is 144 cm³/mol. The lowest BCUT2D eigenvalue weighted by Gasteiger charge is -2.34. The fraction of sp³-hybridized carbons (Fsp3) is 0.481. The summed E-state index contributed by atoms with van der Waals surface area (Å²) in [5, 5.41) is 12.8.